The van der Waals surface area contributed by atoms with Crippen molar-refractivity contribution in [2.75, 3.05) is 0 Å². The standard InChI is InChI=1S/C3H2NO3/c5-2-1-3(6)7-4-2/h1H2. The fourth-order valence-electron chi connectivity index (χ4n) is 0.290. The van der Waals surface area contributed by atoms with Gasteiger partial charge >= 0.3 is 5.97 Å². The number of carbonyl (C=O) groups excluding carboxylic acids is 2. The number of nitrogens with zero attached hydrogens (tertiary/aromatic N) is 1. The van der Waals surface area contributed by atoms with Crippen LogP contribution in [0.1, 0.15) is 6.42 Å². The van der Waals surface area contributed by atoms with Gasteiger partial charge in [-0.2, -0.15) is 0 Å². The number of hydrogen-bond donors (Lipinski definition) is 0. The second kappa shape index (κ2) is 1.22. The van der Waals surface area contributed by atoms with Gasteiger partial charge in [0.2, 0.25) is 0 Å². The zero-order valence-electron chi connectivity index (χ0n) is 3.38. The molecule has 0 aliphatic carbocycles. The van der Waals surface area contributed by atoms with Gasteiger partial charge in [0.1, 0.15) is 6.42 Å². The van der Waals surface area contributed by atoms with Gasteiger partial charge in [-0.3, -0.25) is 4.79 Å². The van der Waals surface area contributed by atoms with E-state index in [0.29, 0.717) is 0 Å². The van der Waals surface area contributed by atoms with Gasteiger partial charge in [-0.1, -0.05) is 0 Å². The molecule has 0 aromatic heterocycles. The number of hydroxylamine groups is 1. The summed E-state index contributed by atoms with van der Waals surface area (Å²) >= 11 is 0. The molecule has 1 saturated heterocycles. The molecule has 1 amide bonds. The Morgan fingerprint density at radius 2 is 2.29 bits per heavy atom. The van der Waals surface area contributed by atoms with Crippen LogP contribution >= 0.6 is 0 Å². The molecule has 0 unspecified atom stereocenters. The van der Waals surface area contributed by atoms with Gasteiger partial charge in [0.05, 0.1) is 0 Å². The van der Waals surface area contributed by atoms with Crippen molar-refractivity contribution in [1.82, 2.24) is 5.48 Å². The molecule has 37 valence electrons. The van der Waals surface area contributed by atoms with E-state index in [2.05, 4.69) is 10.3 Å². The van der Waals surface area contributed by atoms with Crippen molar-refractivity contribution in [3.8, 4) is 0 Å². The minimum atomic E-state index is -0.565. The lowest BCUT2D eigenvalue weighted by molar-refractivity contribution is -0.145. The van der Waals surface area contributed by atoms with Crippen LogP contribution in [0.5, 0.6) is 0 Å². The minimum absolute atomic E-state index is 0.194. The van der Waals surface area contributed by atoms with Crippen molar-refractivity contribution in [2.45, 2.75) is 6.42 Å². The number of amides is 1. The van der Waals surface area contributed by atoms with Crippen LogP contribution in [0.4, 0.5) is 0 Å². The van der Waals surface area contributed by atoms with Gasteiger partial charge in [-0.25, -0.2) is 4.79 Å². The van der Waals surface area contributed by atoms with Crippen LogP contribution < -0.4 is 5.48 Å². The maximum absolute atomic E-state index is 9.94. The summed E-state index contributed by atoms with van der Waals surface area (Å²) in [6.45, 7) is 0. The molecule has 0 atom stereocenters. The third-order valence-electron chi connectivity index (χ3n) is 0.545. The average Bonchev–Trinajstić information content (AvgIpc) is 1.87. The van der Waals surface area contributed by atoms with Crippen LogP contribution in [-0.2, 0) is 14.4 Å². The van der Waals surface area contributed by atoms with E-state index in [0.717, 1.165) is 0 Å². The van der Waals surface area contributed by atoms with E-state index in [-0.39, 0.29) is 6.42 Å². The highest BCUT2D eigenvalue weighted by Crippen LogP contribution is 1.93. The monoisotopic (exact) mass is 100 g/mol. The van der Waals surface area contributed by atoms with Gasteiger partial charge in [-0.05, 0) is 5.48 Å². The Morgan fingerprint density at radius 1 is 1.57 bits per heavy atom. The molecule has 1 rings (SSSR count). The summed E-state index contributed by atoms with van der Waals surface area (Å²) in [7, 11) is 0. The van der Waals surface area contributed by atoms with E-state index in [1.165, 1.54) is 0 Å². The third-order valence-corrected chi connectivity index (χ3v) is 0.545. The Balaban J connectivity index is 2.55. The second-order valence-corrected chi connectivity index (χ2v) is 1.13. The van der Waals surface area contributed by atoms with Crippen molar-refractivity contribution in [1.29, 1.82) is 0 Å². The fourth-order valence-corrected chi connectivity index (χ4v) is 0.290. The first-order valence-corrected chi connectivity index (χ1v) is 1.73. The van der Waals surface area contributed by atoms with Crippen molar-refractivity contribution < 1.29 is 14.4 Å². The summed E-state index contributed by atoms with van der Waals surface area (Å²) in [5.74, 6) is -1.06. The molecule has 0 saturated carbocycles. The topological polar surface area (TPSA) is 57.5 Å². The van der Waals surface area contributed by atoms with Gasteiger partial charge in [0, 0.05) is 0 Å². The van der Waals surface area contributed by atoms with E-state index in [1.54, 1.807) is 0 Å². The second-order valence-electron chi connectivity index (χ2n) is 1.13. The van der Waals surface area contributed by atoms with Gasteiger partial charge in [0.25, 0.3) is 5.91 Å². The first kappa shape index (κ1) is 4.11. The lowest BCUT2D eigenvalue weighted by Gasteiger charge is -1.76. The van der Waals surface area contributed by atoms with Crippen LogP contribution in [-0.4, -0.2) is 11.9 Å². The van der Waals surface area contributed by atoms with Crippen LogP contribution in [0.15, 0.2) is 0 Å². The molecule has 0 aromatic rings. The van der Waals surface area contributed by atoms with Crippen LogP contribution in [0.3, 0.4) is 0 Å². The summed E-state index contributed by atoms with van der Waals surface area (Å²) in [5, 5.41) is 0. The van der Waals surface area contributed by atoms with Gasteiger partial charge in [0.15, 0.2) is 0 Å². The molecule has 0 aromatic carbocycles. The maximum Gasteiger partial charge on any atom is 0.344 e. The average molecular weight is 100 g/mol. The smallest absolute Gasteiger partial charge is 0.314 e. The van der Waals surface area contributed by atoms with E-state index in [1.807, 2.05) is 0 Å². The largest absolute Gasteiger partial charge is 0.344 e. The Kier molecular flexibility index (Phi) is 0.714. The molecule has 4 nitrogen and oxygen atoms in total. The van der Waals surface area contributed by atoms with Gasteiger partial charge in [-0.15, -0.1) is 0 Å². The molecule has 1 aliphatic rings. The number of carbonyl (C=O) groups is 2. The summed E-state index contributed by atoms with van der Waals surface area (Å²) in [4.78, 5) is 23.8. The molecule has 0 spiro atoms. The zero-order valence-corrected chi connectivity index (χ0v) is 3.38. The van der Waals surface area contributed by atoms with E-state index in [9.17, 15) is 9.59 Å². The molecule has 4 heteroatoms. The molecule has 1 aliphatic heterocycles. The van der Waals surface area contributed by atoms with Gasteiger partial charge < -0.3 is 4.84 Å². The molecule has 0 bridgehead atoms. The SMILES string of the molecule is O=C1CC(=O)O[N]1. The third kappa shape index (κ3) is 0.677. The summed E-state index contributed by atoms with van der Waals surface area (Å²) in [5.41, 5.74) is 2.83. The predicted molar refractivity (Wildman–Crippen MR) is 17.8 cm³/mol. The van der Waals surface area contributed by atoms with Crippen LogP contribution in [0, 0.1) is 0 Å². The lowest BCUT2D eigenvalue weighted by Crippen LogP contribution is -2.01. The molecule has 7 heavy (non-hydrogen) atoms. The number of rotatable bonds is 0. The van der Waals surface area contributed by atoms with E-state index >= 15 is 0 Å². The molecular formula is C3H2NO3. The predicted octanol–water partition coefficient (Wildman–Crippen LogP) is -1.02. The highest BCUT2D eigenvalue weighted by molar-refractivity contribution is 5.97. The molecule has 1 radical (unpaired) electrons. The molecule has 1 heterocycles. The lowest BCUT2D eigenvalue weighted by atomic mass is 10.4. The van der Waals surface area contributed by atoms with Crippen molar-refractivity contribution in [3.63, 3.8) is 0 Å². The van der Waals surface area contributed by atoms with Crippen LogP contribution in [0.2, 0.25) is 0 Å². The minimum Gasteiger partial charge on any atom is -0.314 e. The summed E-state index contributed by atoms with van der Waals surface area (Å²) in [6, 6.07) is 0. The van der Waals surface area contributed by atoms with Crippen molar-refractivity contribution >= 4 is 11.9 Å². The Labute approximate surface area is 39.4 Å². The molecule has 0 N–H and O–H groups in total. The molecular weight excluding hydrogens is 98.0 g/mol. The van der Waals surface area contributed by atoms with Crippen molar-refractivity contribution in [2.24, 2.45) is 0 Å². The van der Waals surface area contributed by atoms with E-state index in [4.69, 9.17) is 0 Å². The fraction of sp³-hybridized carbons (Fsp3) is 0.333. The Morgan fingerprint density at radius 3 is 2.43 bits per heavy atom. The first-order chi connectivity index (χ1) is 3.29. The quantitative estimate of drug-likeness (QED) is 0.366. The maximum atomic E-state index is 9.94. The normalized spacial score (nSPS) is 18.9. The number of hydrogen-bond acceptors (Lipinski definition) is 3. The molecule has 1 fully saturated rings. The Bertz CT molecular complexity index is 105. The first-order valence-electron chi connectivity index (χ1n) is 1.73. The van der Waals surface area contributed by atoms with Crippen LogP contribution in [0.25, 0.3) is 0 Å². The summed E-state index contributed by atoms with van der Waals surface area (Å²) < 4.78 is 0. The zero-order chi connectivity index (χ0) is 5.28. The van der Waals surface area contributed by atoms with Crippen molar-refractivity contribution in [3.05, 3.63) is 0 Å². The Hall–Kier alpha value is -1.06. The summed E-state index contributed by atoms with van der Waals surface area (Å²) in [6.07, 6.45) is -0.194. The highest BCUT2D eigenvalue weighted by Gasteiger charge is 2.21. The highest BCUT2D eigenvalue weighted by atomic mass is 16.7. The van der Waals surface area contributed by atoms with E-state index < -0.39 is 11.9 Å².